The summed E-state index contributed by atoms with van der Waals surface area (Å²) in [5.74, 6) is 3.24. The van der Waals surface area contributed by atoms with E-state index >= 15 is 0 Å². The summed E-state index contributed by atoms with van der Waals surface area (Å²) < 4.78 is 15.9. The van der Waals surface area contributed by atoms with Gasteiger partial charge in [0.2, 0.25) is 0 Å². The third-order valence-corrected chi connectivity index (χ3v) is 7.01. The molecule has 0 fully saturated rings. The molecule has 0 amide bonds. The monoisotopic (exact) mass is 534 g/mol. The molecule has 37 heavy (non-hydrogen) atoms. The Kier molecular flexibility index (Phi) is 24.6. The van der Waals surface area contributed by atoms with E-state index in [-0.39, 0.29) is 39.6 Å². The van der Waals surface area contributed by atoms with Crippen LogP contribution in [0.4, 0.5) is 0 Å². The van der Waals surface area contributed by atoms with Crippen molar-refractivity contribution in [3.8, 4) is 0 Å². The third kappa shape index (κ3) is 25.7. The molecule has 0 aromatic heterocycles. The Morgan fingerprint density at radius 2 is 0.811 bits per heavy atom. The topological polar surface area (TPSA) is 109 Å². The van der Waals surface area contributed by atoms with Gasteiger partial charge in [-0.05, 0) is 36.5 Å². The van der Waals surface area contributed by atoms with E-state index in [9.17, 15) is 10.2 Å². The molecular weight excluding hydrogens is 472 g/mol. The molecule has 6 atom stereocenters. The first-order chi connectivity index (χ1) is 17.6. The van der Waals surface area contributed by atoms with Crippen molar-refractivity contribution in [3.05, 3.63) is 0 Å². The van der Waals surface area contributed by atoms with Gasteiger partial charge in [0.05, 0.1) is 39.6 Å². The van der Waals surface area contributed by atoms with Gasteiger partial charge in [0.25, 0.3) is 0 Å². The van der Waals surface area contributed by atoms with Crippen LogP contribution in [-0.4, -0.2) is 85.0 Å². The Morgan fingerprint density at radius 3 is 1.22 bits per heavy atom. The summed E-state index contributed by atoms with van der Waals surface area (Å²) in [5.41, 5.74) is 0. The number of aliphatic hydroxyl groups excluding tert-OH is 4. The molecule has 224 valence electrons. The number of ether oxygens (including phenoxy) is 3. The lowest BCUT2D eigenvalue weighted by Crippen LogP contribution is -2.29. The van der Waals surface area contributed by atoms with Gasteiger partial charge in [0.1, 0.15) is 18.3 Å². The maximum atomic E-state index is 9.95. The summed E-state index contributed by atoms with van der Waals surface area (Å²) >= 11 is 0. The van der Waals surface area contributed by atoms with Gasteiger partial charge in [-0.3, -0.25) is 0 Å². The molecule has 0 aliphatic rings. The van der Waals surface area contributed by atoms with Crippen molar-refractivity contribution in [1.82, 2.24) is 0 Å². The number of aliphatic hydroxyl groups is 4. The van der Waals surface area contributed by atoms with Gasteiger partial charge in [-0.15, -0.1) is 0 Å². The molecular formula is C30H62O7. The van der Waals surface area contributed by atoms with Gasteiger partial charge in [-0.1, -0.05) is 92.4 Å². The van der Waals surface area contributed by atoms with E-state index in [1.54, 1.807) is 0 Å². The zero-order valence-electron chi connectivity index (χ0n) is 24.8. The average molecular weight is 535 g/mol. The van der Waals surface area contributed by atoms with Crippen LogP contribution in [0.1, 0.15) is 105 Å². The standard InChI is InChI=1S/C30H62O7/c1-24(2)10-6-11-25(3)12-7-13-26(4)14-8-15-27(5)16-9-17-35-20-29(33)21-37-23-30(34)22-36-19-28(32)18-31/h24-34H,6-23H2,1-5H3. The van der Waals surface area contributed by atoms with Crippen molar-refractivity contribution in [2.45, 2.75) is 124 Å². The first-order valence-corrected chi connectivity index (χ1v) is 15.0. The van der Waals surface area contributed by atoms with Crippen LogP contribution < -0.4 is 0 Å². The van der Waals surface area contributed by atoms with Gasteiger partial charge in [-0.2, -0.15) is 0 Å². The average Bonchev–Trinajstić information content (AvgIpc) is 2.83. The lowest BCUT2D eigenvalue weighted by molar-refractivity contribution is -0.0676. The van der Waals surface area contributed by atoms with Crippen LogP contribution in [0.15, 0.2) is 0 Å². The van der Waals surface area contributed by atoms with Crippen molar-refractivity contribution in [3.63, 3.8) is 0 Å². The fourth-order valence-corrected chi connectivity index (χ4v) is 4.52. The number of rotatable bonds is 27. The number of hydrogen-bond acceptors (Lipinski definition) is 7. The third-order valence-electron chi connectivity index (χ3n) is 7.01. The zero-order valence-corrected chi connectivity index (χ0v) is 24.8. The second-order valence-electron chi connectivity index (χ2n) is 11.9. The summed E-state index contributed by atoms with van der Waals surface area (Å²) in [4.78, 5) is 0. The molecule has 0 bridgehead atoms. The van der Waals surface area contributed by atoms with Crippen LogP contribution in [0.2, 0.25) is 0 Å². The molecule has 0 aliphatic heterocycles. The van der Waals surface area contributed by atoms with Crippen LogP contribution in [-0.2, 0) is 14.2 Å². The highest BCUT2D eigenvalue weighted by molar-refractivity contribution is 4.62. The lowest BCUT2D eigenvalue weighted by Gasteiger charge is -2.17. The van der Waals surface area contributed by atoms with Gasteiger partial charge in [-0.25, -0.2) is 0 Å². The molecule has 7 heteroatoms. The van der Waals surface area contributed by atoms with Gasteiger partial charge in [0, 0.05) is 6.61 Å². The van der Waals surface area contributed by atoms with Crippen molar-refractivity contribution in [2.24, 2.45) is 23.7 Å². The quantitative estimate of drug-likeness (QED) is 0.110. The molecule has 0 heterocycles. The minimum Gasteiger partial charge on any atom is -0.394 e. The van der Waals surface area contributed by atoms with Crippen LogP contribution in [0, 0.1) is 23.7 Å². The highest BCUT2D eigenvalue weighted by Crippen LogP contribution is 2.23. The summed E-state index contributed by atoms with van der Waals surface area (Å²) in [7, 11) is 0. The van der Waals surface area contributed by atoms with E-state index < -0.39 is 18.3 Å². The highest BCUT2D eigenvalue weighted by Gasteiger charge is 2.11. The van der Waals surface area contributed by atoms with Crippen LogP contribution in [0.3, 0.4) is 0 Å². The van der Waals surface area contributed by atoms with Crippen molar-refractivity contribution in [1.29, 1.82) is 0 Å². The molecule has 0 aliphatic carbocycles. The molecule has 0 aromatic rings. The fraction of sp³-hybridized carbons (Fsp3) is 1.00. The maximum Gasteiger partial charge on any atom is 0.101 e. The molecule has 0 saturated carbocycles. The number of hydrogen-bond donors (Lipinski definition) is 4. The van der Waals surface area contributed by atoms with E-state index in [1.165, 1.54) is 57.8 Å². The predicted octanol–water partition coefficient (Wildman–Crippen LogP) is 4.97. The first-order valence-electron chi connectivity index (χ1n) is 15.0. The fourth-order valence-electron chi connectivity index (χ4n) is 4.52. The van der Waals surface area contributed by atoms with E-state index in [1.807, 2.05) is 0 Å². The smallest absolute Gasteiger partial charge is 0.101 e. The van der Waals surface area contributed by atoms with Gasteiger partial charge >= 0.3 is 0 Å². The lowest BCUT2D eigenvalue weighted by atomic mass is 9.90. The minimum atomic E-state index is -0.947. The van der Waals surface area contributed by atoms with Gasteiger partial charge in [0.15, 0.2) is 0 Å². The second kappa shape index (κ2) is 24.7. The highest BCUT2D eigenvalue weighted by atomic mass is 16.5. The molecule has 0 aromatic carbocycles. The van der Waals surface area contributed by atoms with E-state index in [0.29, 0.717) is 12.5 Å². The van der Waals surface area contributed by atoms with E-state index in [0.717, 1.165) is 30.6 Å². The summed E-state index contributed by atoms with van der Waals surface area (Å²) in [6.07, 6.45) is 11.8. The van der Waals surface area contributed by atoms with E-state index in [4.69, 9.17) is 24.4 Å². The molecule has 0 radical (unpaired) electrons. The zero-order chi connectivity index (χ0) is 27.9. The predicted molar refractivity (Wildman–Crippen MR) is 151 cm³/mol. The normalized spacial score (nSPS) is 17.0. The SMILES string of the molecule is CC(C)CCCC(C)CCCC(C)CCCC(C)CCCOCC(O)COCC(O)COCC(O)CO. The largest absolute Gasteiger partial charge is 0.394 e. The first kappa shape index (κ1) is 36.7. The summed E-state index contributed by atoms with van der Waals surface area (Å²) in [6, 6.07) is 0. The summed E-state index contributed by atoms with van der Waals surface area (Å²) in [6.45, 7) is 12.3. The second-order valence-corrected chi connectivity index (χ2v) is 11.9. The molecule has 7 nitrogen and oxygen atoms in total. The van der Waals surface area contributed by atoms with Crippen molar-refractivity contribution < 1.29 is 34.6 Å². The molecule has 0 rings (SSSR count). The van der Waals surface area contributed by atoms with Crippen molar-refractivity contribution in [2.75, 3.05) is 46.2 Å². The molecule has 0 spiro atoms. The Balaban J connectivity index is 3.57. The Labute approximate surface area is 228 Å². The maximum absolute atomic E-state index is 9.95. The summed E-state index contributed by atoms with van der Waals surface area (Å²) in [5, 5.41) is 37.5. The Hall–Kier alpha value is -0.280. The van der Waals surface area contributed by atoms with Crippen LogP contribution in [0.25, 0.3) is 0 Å². The van der Waals surface area contributed by atoms with Gasteiger partial charge < -0.3 is 34.6 Å². The molecule has 4 N–H and O–H groups in total. The Bertz CT molecular complexity index is 477. The van der Waals surface area contributed by atoms with E-state index in [2.05, 4.69) is 34.6 Å². The van der Waals surface area contributed by atoms with Crippen LogP contribution >= 0.6 is 0 Å². The molecule has 6 unspecified atom stereocenters. The van der Waals surface area contributed by atoms with Crippen LogP contribution in [0.5, 0.6) is 0 Å². The minimum absolute atomic E-state index is 0.00128. The molecule has 0 saturated heterocycles. The Morgan fingerprint density at radius 1 is 0.459 bits per heavy atom. The van der Waals surface area contributed by atoms with Crippen molar-refractivity contribution >= 4 is 0 Å².